The summed E-state index contributed by atoms with van der Waals surface area (Å²) in [6, 6.07) is 0. The lowest BCUT2D eigenvalue weighted by Gasteiger charge is -2.58. The predicted octanol–water partition coefficient (Wildman–Crippen LogP) is 9.07. The fraction of sp³-hybridized carbons (Fsp3) is 0.872. The minimum absolute atomic E-state index is 0.0124. The molecular weight excluding hydrogens is 829 g/mol. The Bertz CT molecular complexity index is 1730. The molecule has 362 valence electrons. The van der Waals surface area contributed by atoms with Gasteiger partial charge in [0, 0.05) is 45.2 Å². The summed E-state index contributed by atoms with van der Waals surface area (Å²) in [6.45, 7) is 25.5. The van der Waals surface area contributed by atoms with E-state index in [0.29, 0.717) is 95.5 Å². The molecule has 0 spiro atoms. The zero-order valence-electron chi connectivity index (χ0n) is 40.6. The summed E-state index contributed by atoms with van der Waals surface area (Å²) in [5.41, 5.74) is -0.653. The van der Waals surface area contributed by atoms with Gasteiger partial charge in [0.2, 0.25) is 5.91 Å². The number of rotatable bonds is 17. The lowest BCUT2D eigenvalue weighted by molar-refractivity contribution is -0.129. The van der Waals surface area contributed by atoms with Crippen molar-refractivity contribution in [3.63, 3.8) is 0 Å². The quantitative estimate of drug-likeness (QED) is 0.0546. The van der Waals surface area contributed by atoms with Gasteiger partial charge in [-0.05, 0) is 174 Å². The number of alkyl carbamates (subject to hydrolysis) is 1. The zero-order chi connectivity index (χ0) is 47.2. The third-order valence-electron chi connectivity index (χ3n) is 14.0. The maximum Gasteiger partial charge on any atom is 0.410 e. The summed E-state index contributed by atoms with van der Waals surface area (Å²) >= 11 is 0. The van der Waals surface area contributed by atoms with Gasteiger partial charge in [0.15, 0.2) is 0 Å². The van der Waals surface area contributed by atoms with Gasteiger partial charge in [-0.2, -0.15) is 8.42 Å². The van der Waals surface area contributed by atoms with Crippen LogP contribution in [0.1, 0.15) is 160 Å². The number of fused-ring (bicyclic) bond motifs is 5. The average Bonchev–Trinajstić information content (AvgIpc) is 3.48. The highest BCUT2D eigenvalue weighted by Gasteiger charge is 2.60. The van der Waals surface area contributed by atoms with Gasteiger partial charge in [0.1, 0.15) is 16.8 Å². The Kier molecular flexibility index (Phi) is 17.5. The molecule has 4 aliphatic carbocycles. The molecule has 0 bridgehead atoms. The van der Waals surface area contributed by atoms with E-state index in [1.54, 1.807) is 30.6 Å². The van der Waals surface area contributed by atoms with Crippen molar-refractivity contribution < 1.29 is 50.5 Å². The summed E-state index contributed by atoms with van der Waals surface area (Å²) in [5, 5.41) is 5.93. The number of nitrogens with one attached hydrogen (secondary N) is 2. The van der Waals surface area contributed by atoms with Crippen LogP contribution in [0.15, 0.2) is 11.6 Å². The lowest BCUT2D eigenvalue weighted by atomic mass is 9.47. The molecule has 0 heterocycles. The van der Waals surface area contributed by atoms with Gasteiger partial charge in [-0.1, -0.05) is 32.4 Å². The molecule has 4 aliphatic rings. The minimum Gasteiger partial charge on any atom is -0.444 e. The van der Waals surface area contributed by atoms with E-state index in [4.69, 9.17) is 18.4 Å². The van der Waals surface area contributed by atoms with E-state index in [1.807, 2.05) is 41.5 Å². The molecule has 1 unspecified atom stereocenters. The normalized spacial score (nSPS) is 27.7. The summed E-state index contributed by atoms with van der Waals surface area (Å²) in [6.07, 6.45) is 9.89. The molecule has 0 aromatic rings. The molecule has 0 aromatic carbocycles. The summed E-state index contributed by atoms with van der Waals surface area (Å²) in [7, 11) is -4.49. The van der Waals surface area contributed by atoms with Gasteiger partial charge in [-0.25, -0.2) is 18.6 Å². The van der Waals surface area contributed by atoms with Crippen LogP contribution in [0.5, 0.6) is 0 Å². The van der Waals surface area contributed by atoms with Crippen LogP contribution < -0.4 is 10.6 Å². The molecule has 0 aliphatic heterocycles. The predicted molar refractivity (Wildman–Crippen MR) is 242 cm³/mol. The topological polar surface area (TPSA) is 190 Å². The smallest absolute Gasteiger partial charge is 0.410 e. The number of carbonyl (C=O) groups excluding carboxylic acids is 4. The summed E-state index contributed by atoms with van der Waals surface area (Å²) in [5.74, 6) is 1.69. The van der Waals surface area contributed by atoms with Gasteiger partial charge in [0.25, 0.3) is 0 Å². The van der Waals surface area contributed by atoms with Gasteiger partial charge in [-0.3, -0.25) is 9.35 Å². The molecule has 15 nitrogen and oxygen atoms in total. The van der Waals surface area contributed by atoms with E-state index in [0.717, 1.165) is 38.5 Å². The van der Waals surface area contributed by atoms with Crippen molar-refractivity contribution in [3.05, 3.63) is 11.6 Å². The van der Waals surface area contributed by atoms with Crippen LogP contribution in [0.4, 0.5) is 14.4 Å². The lowest BCUT2D eigenvalue weighted by Crippen LogP contribution is -2.51. The number of ether oxygens (including phenoxy) is 3. The molecule has 3 saturated carbocycles. The first-order chi connectivity index (χ1) is 29.0. The second kappa shape index (κ2) is 21.0. The van der Waals surface area contributed by atoms with Crippen molar-refractivity contribution in [2.24, 2.45) is 40.4 Å². The Hall–Kier alpha value is -3.11. The molecule has 8 atom stereocenters. The number of nitrogens with zero attached hydrogens (tertiary/aromatic N) is 2. The number of allylic oxidation sites excluding steroid dienone is 1. The summed E-state index contributed by atoms with van der Waals surface area (Å²) < 4.78 is 53.9. The molecule has 0 aromatic heterocycles. The molecule has 0 radical (unpaired) electrons. The maximum absolute atomic E-state index is 13.8. The Balaban J connectivity index is 1.28. The molecule has 16 heteroatoms. The molecule has 3 N–H and O–H groups in total. The first kappa shape index (κ1) is 52.5. The van der Waals surface area contributed by atoms with Crippen LogP contribution in [0, 0.1) is 40.4 Å². The maximum atomic E-state index is 13.8. The highest BCUT2D eigenvalue weighted by molar-refractivity contribution is 7.80. The number of hydrogen-bond donors (Lipinski definition) is 3. The number of amides is 4. The second-order valence-electron chi connectivity index (χ2n) is 22.2. The van der Waals surface area contributed by atoms with Crippen LogP contribution in [-0.4, -0.2) is 109 Å². The number of carbonyl (C=O) groups is 4. The van der Waals surface area contributed by atoms with E-state index in [2.05, 4.69) is 37.5 Å². The van der Waals surface area contributed by atoms with Crippen LogP contribution in [-0.2, 0) is 33.6 Å². The molecule has 63 heavy (non-hydrogen) atoms. The second-order valence-corrected chi connectivity index (χ2v) is 23.3. The van der Waals surface area contributed by atoms with Gasteiger partial charge >= 0.3 is 28.7 Å². The van der Waals surface area contributed by atoms with Crippen molar-refractivity contribution in [2.75, 3.05) is 39.3 Å². The standard InChI is InChI=1S/C47H82N4O11S/c1-32(36-19-20-37-35-18-17-33-31-34(62-63(56,57)58)21-23-46(33,11)38(35)22-24-47(36,37)12)39(52)48-25-15-29-50(41(54)60-44(5,6)7)27-13-14-28-51(42(55)61-45(8,9)10)30-16-26-49-40(53)59-43(2,3)4/h17,32,34-38H,13-16,18-31H2,1-12H3,(H,48,52)(H,49,53)(H,56,57,58)/t32?,34-,35-,36+,37-,38-,46-,47+/m0/s1. The van der Waals surface area contributed by atoms with E-state index in [1.165, 1.54) is 5.57 Å². The van der Waals surface area contributed by atoms with Crippen LogP contribution in [0.3, 0.4) is 0 Å². The highest BCUT2D eigenvalue weighted by atomic mass is 32.3. The third kappa shape index (κ3) is 15.2. The summed E-state index contributed by atoms with van der Waals surface area (Å²) in [4.78, 5) is 55.7. The van der Waals surface area contributed by atoms with Gasteiger partial charge in [0.05, 0.1) is 6.10 Å². The molecule has 4 amide bonds. The monoisotopic (exact) mass is 911 g/mol. The van der Waals surface area contributed by atoms with Crippen LogP contribution >= 0.6 is 0 Å². The number of unbranched alkanes of at least 4 members (excludes halogenated alkanes) is 1. The largest absolute Gasteiger partial charge is 0.444 e. The highest BCUT2D eigenvalue weighted by Crippen LogP contribution is 2.67. The Morgan fingerprint density at radius 2 is 1.27 bits per heavy atom. The van der Waals surface area contributed by atoms with E-state index in [-0.39, 0.29) is 28.6 Å². The molecule has 4 rings (SSSR count). The van der Waals surface area contributed by atoms with Gasteiger partial charge < -0.3 is 34.6 Å². The zero-order valence-corrected chi connectivity index (χ0v) is 41.4. The van der Waals surface area contributed by atoms with Gasteiger partial charge in [-0.15, -0.1) is 0 Å². The van der Waals surface area contributed by atoms with Crippen LogP contribution in [0.25, 0.3) is 0 Å². The fourth-order valence-corrected chi connectivity index (χ4v) is 11.7. The van der Waals surface area contributed by atoms with Crippen LogP contribution in [0.2, 0.25) is 0 Å². The Morgan fingerprint density at radius 1 is 0.746 bits per heavy atom. The van der Waals surface area contributed by atoms with Crippen molar-refractivity contribution in [1.29, 1.82) is 0 Å². The molecule has 0 saturated heterocycles. The first-order valence-corrected chi connectivity index (χ1v) is 24.9. The van der Waals surface area contributed by atoms with Crippen molar-refractivity contribution in [3.8, 4) is 0 Å². The Morgan fingerprint density at radius 3 is 1.79 bits per heavy atom. The van der Waals surface area contributed by atoms with Crippen molar-refractivity contribution in [1.82, 2.24) is 20.4 Å². The third-order valence-corrected chi connectivity index (χ3v) is 14.5. The number of hydrogen-bond acceptors (Lipinski definition) is 10. The fourth-order valence-electron chi connectivity index (χ4n) is 11.2. The van der Waals surface area contributed by atoms with Crippen molar-refractivity contribution >= 4 is 34.6 Å². The van der Waals surface area contributed by atoms with Crippen molar-refractivity contribution in [2.45, 2.75) is 183 Å². The average molecular weight is 911 g/mol. The van der Waals surface area contributed by atoms with E-state index in [9.17, 15) is 32.1 Å². The molecule has 3 fully saturated rings. The van der Waals surface area contributed by atoms with E-state index >= 15 is 0 Å². The minimum atomic E-state index is -4.49. The first-order valence-electron chi connectivity index (χ1n) is 23.6. The Labute approximate surface area is 378 Å². The SMILES string of the molecule is CC(C(=O)NCCCN(CCCCN(CCCNC(=O)OC(C)(C)C)C(=O)OC(C)(C)C)C(=O)OC(C)(C)C)[C@H]1CC[C@H]2[C@@H]3CC=C4C[C@@H](OS(=O)(=O)O)CC[C@]4(C)[C@H]3CC[C@]12C. The van der Waals surface area contributed by atoms with E-state index < -0.39 is 51.6 Å². The molecular formula is C47H82N4O11S.